The molecule has 0 atom stereocenters. The molecule has 1 heterocycles. The van der Waals surface area contributed by atoms with Crippen LogP contribution in [0.15, 0.2) is 12.3 Å². The van der Waals surface area contributed by atoms with Gasteiger partial charge in [-0.25, -0.2) is 9.78 Å². The minimum atomic E-state index is -1.04. The lowest BCUT2D eigenvalue weighted by Gasteiger charge is -2.20. The molecule has 0 unspecified atom stereocenters. The highest BCUT2D eigenvalue weighted by Gasteiger charge is 2.15. The number of carboxylic acids is 1. The van der Waals surface area contributed by atoms with Gasteiger partial charge in [-0.3, -0.25) is 0 Å². The summed E-state index contributed by atoms with van der Waals surface area (Å²) in [5.74, 6) is -0.648. The van der Waals surface area contributed by atoms with E-state index in [4.69, 9.17) is 15.6 Å². The number of rotatable bonds is 6. The van der Waals surface area contributed by atoms with Gasteiger partial charge >= 0.3 is 5.97 Å². The molecule has 0 amide bonds. The fraction of sp³-hybridized carbons (Fsp3) is 0.500. The summed E-state index contributed by atoms with van der Waals surface area (Å²) in [6.45, 7) is 4.98. The largest absolute Gasteiger partial charge is 0.478 e. The molecule has 18 heavy (non-hydrogen) atoms. The maximum atomic E-state index is 11.1. The van der Waals surface area contributed by atoms with Gasteiger partial charge in [-0.15, -0.1) is 0 Å². The summed E-state index contributed by atoms with van der Waals surface area (Å²) < 4.78 is 5.42. The molecule has 0 saturated carbocycles. The normalized spacial score (nSPS) is 10.7. The molecule has 0 radical (unpaired) electrons. The van der Waals surface area contributed by atoms with Gasteiger partial charge in [-0.05, 0) is 19.9 Å². The number of aromatic nitrogens is 1. The van der Waals surface area contributed by atoms with E-state index in [-0.39, 0.29) is 11.7 Å². The Labute approximate surface area is 106 Å². The lowest BCUT2D eigenvalue weighted by Crippen LogP contribution is -2.26. The number of hydrogen-bond donors (Lipinski definition) is 2. The van der Waals surface area contributed by atoms with Crippen LogP contribution in [0.3, 0.4) is 0 Å². The van der Waals surface area contributed by atoms with Crippen molar-refractivity contribution in [2.24, 2.45) is 0 Å². The number of anilines is 2. The number of nitrogens with two attached hydrogens (primary N) is 1. The van der Waals surface area contributed by atoms with Crippen LogP contribution in [0.5, 0.6) is 0 Å². The summed E-state index contributed by atoms with van der Waals surface area (Å²) in [5.41, 5.74) is 5.97. The van der Waals surface area contributed by atoms with Crippen LogP contribution < -0.4 is 10.6 Å². The van der Waals surface area contributed by atoms with Gasteiger partial charge in [0.05, 0.1) is 24.6 Å². The molecule has 0 spiro atoms. The molecule has 1 rings (SSSR count). The number of hydrogen-bond acceptors (Lipinski definition) is 5. The van der Waals surface area contributed by atoms with Crippen molar-refractivity contribution in [3.8, 4) is 0 Å². The minimum absolute atomic E-state index is 0.0991. The third-order valence-corrected chi connectivity index (χ3v) is 2.36. The third kappa shape index (κ3) is 3.89. The zero-order valence-corrected chi connectivity index (χ0v) is 10.9. The maximum absolute atomic E-state index is 11.1. The Kier molecular flexibility index (Phi) is 4.91. The summed E-state index contributed by atoms with van der Waals surface area (Å²) >= 11 is 0. The SMILES string of the molecule is CC(C)OCCN(C)c1ncc(N)cc1C(=O)O. The van der Waals surface area contributed by atoms with E-state index in [1.54, 1.807) is 11.9 Å². The van der Waals surface area contributed by atoms with Crippen molar-refractivity contribution < 1.29 is 14.6 Å². The second-order valence-corrected chi connectivity index (χ2v) is 4.29. The van der Waals surface area contributed by atoms with Gasteiger partial charge in [0.25, 0.3) is 0 Å². The quantitative estimate of drug-likeness (QED) is 0.792. The number of nitrogen functional groups attached to an aromatic ring is 1. The molecule has 0 saturated heterocycles. The Morgan fingerprint density at radius 3 is 2.83 bits per heavy atom. The van der Waals surface area contributed by atoms with Crippen molar-refractivity contribution in [1.29, 1.82) is 0 Å². The summed E-state index contributed by atoms with van der Waals surface area (Å²) in [7, 11) is 1.77. The smallest absolute Gasteiger partial charge is 0.339 e. The zero-order chi connectivity index (χ0) is 13.7. The highest BCUT2D eigenvalue weighted by molar-refractivity contribution is 5.94. The average Bonchev–Trinajstić information content (AvgIpc) is 2.28. The van der Waals surface area contributed by atoms with E-state index in [0.29, 0.717) is 24.7 Å². The number of ether oxygens (including phenoxy) is 1. The van der Waals surface area contributed by atoms with Crippen molar-refractivity contribution >= 4 is 17.5 Å². The fourth-order valence-electron chi connectivity index (χ4n) is 1.47. The molecule has 3 N–H and O–H groups in total. The Morgan fingerprint density at radius 1 is 1.61 bits per heavy atom. The maximum Gasteiger partial charge on any atom is 0.339 e. The van der Waals surface area contributed by atoms with E-state index in [9.17, 15) is 4.79 Å². The van der Waals surface area contributed by atoms with Crippen LogP contribution >= 0.6 is 0 Å². The molecule has 0 aromatic carbocycles. The van der Waals surface area contributed by atoms with Crippen LogP contribution in [-0.2, 0) is 4.74 Å². The summed E-state index contributed by atoms with van der Waals surface area (Å²) in [4.78, 5) is 16.9. The van der Waals surface area contributed by atoms with Crippen LogP contribution in [0, 0.1) is 0 Å². The average molecular weight is 253 g/mol. The molecule has 6 nitrogen and oxygen atoms in total. The lowest BCUT2D eigenvalue weighted by molar-refractivity contribution is 0.0695. The van der Waals surface area contributed by atoms with Gasteiger partial charge in [0.2, 0.25) is 0 Å². The Balaban J connectivity index is 2.78. The van der Waals surface area contributed by atoms with Crippen molar-refractivity contribution in [2.45, 2.75) is 20.0 Å². The molecular formula is C12H19N3O3. The van der Waals surface area contributed by atoms with Crippen molar-refractivity contribution in [3.05, 3.63) is 17.8 Å². The molecule has 6 heteroatoms. The van der Waals surface area contributed by atoms with Crippen LogP contribution in [0.1, 0.15) is 24.2 Å². The van der Waals surface area contributed by atoms with Crippen molar-refractivity contribution in [3.63, 3.8) is 0 Å². The second kappa shape index (κ2) is 6.20. The first-order chi connectivity index (χ1) is 8.41. The molecule has 0 fully saturated rings. The van der Waals surface area contributed by atoms with Crippen LogP contribution in [0.4, 0.5) is 11.5 Å². The fourth-order valence-corrected chi connectivity index (χ4v) is 1.47. The molecule has 100 valence electrons. The lowest BCUT2D eigenvalue weighted by atomic mass is 10.2. The van der Waals surface area contributed by atoms with Crippen LogP contribution in [0.2, 0.25) is 0 Å². The third-order valence-electron chi connectivity index (χ3n) is 2.36. The molecule has 0 aliphatic carbocycles. The monoisotopic (exact) mass is 253 g/mol. The van der Waals surface area contributed by atoms with Crippen molar-refractivity contribution in [2.75, 3.05) is 30.8 Å². The first-order valence-electron chi connectivity index (χ1n) is 5.73. The van der Waals surface area contributed by atoms with E-state index in [2.05, 4.69) is 4.98 Å². The van der Waals surface area contributed by atoms with E-state index >= 15 is 0 Å². The molecule has 1 aromatic heterocycles. The second-order valence-electron chi connectivity index (χ2n) is 4.29. The first-order valence-corrected chi connectivity index (χ1v) is 5.73. The van der Waals surface area contributed by atoms with Gasteiger partial charge in [-0.1, -0.05) is 0 Å². The summed E-state index contributed by atoms with van der Waals surface area (Å²) in [5, 5.41) is 9.10. The number of likely N-dealkylation sites (N-methyl/N-ethyl adjacent to an activating group) is 1. The van der Waals surface area contributed by atoms with E-state index in [0.717, 1.165) is 0 Å². The topological polar surface area (TPSA) is 88.7 Å². The standard InChI is InChI=1S/C12H19N3O3/c1-8(2)18-5-4-15(3)11-10(12(16)17)6-9(13)7-14-11/h6-8H,4-5,13H2,1-3H3,(H,16,17). The molecule has 0 aliphatic heterocycles. The van der Waals surface area contributed by atoms with E-state index < -0.39 is 5.97 Å². The molecule has 0 bridgehead atoms. The molecular weight excluding hydrogens is 234 g/mol. The Hall–Kier alpha value is -1.82. The number of nitrogens with zero attached hydrogens (tertiary/aromatic N) is 2. The van der Waals surface area contributed by atoms with Crippen molar-refractivity contribution in [1.82, 2.24) is 4.98 Å². The van der Waals surface area contributed by atoms with Gasteiger partial charge in [0, 0.05) is 13.6 Å². The van der Waals surface area contributed by atoms with E-state index in [1.165, 1.54) is 12.3 Å². The van der Waals surface area contributed by atoms with Gasteiger partial charge in [0.1, 0.15) is 11.4 Å². The van der Waals surface area contributed by atoms with Crippen LogP contribution in [0.25, 0.3) is 0 Å². The van der Waals surface area contributed by atoms with Gasteiger partial charge in [-0.2, -0.15) is 0 Å². The van der Waals surface area contributed by atoms with Gasteiger partial charge < -0.3 is 20.5 Å². The summed E-state index contributed by atoms with van der Waals surface area (Å²) in [6, 6.07) is 1.41. The minimum Gasteiger partial charge on any atom is -0.478 e. The highest BCUT2D eigenvalue weighted by Crippen LogP contribution is 2.18. The predicted molar refractivity (Wildman–Crippen MR) is 70.0 cm³/mol. The molecule has 0 aliphatic rings. The first kappa shape index (κ1) is 14.2. The highest BCUT2D eigenvalue weighted by atomic mass is 16.5. The van der Waals surface area contributed by atoms with E-state index in [1.807, 2.05) is 13.8 Å². The van der Waals surface area contributed by atoms with Crippen LogP contribution in [-0.4, -0.2) is 42.4 Å². The summed E-state index contributed by atoms with van der Waals surface area (Å²) in [6.07, 6.45) is 1.60. The Morgan fingerprint density at radius 2 is 2.28 bits per heavy atom. The molecule has 1 aromatic rings. The van der Waals surface area contributed by atoms with Gasteiger partial charge in [0.15, 0.2) is 0 Å². The number of aromatic carboxylic acids is 1. The Bertz CT molecular complexity index is 421. The predicted octanol–water partition coefficient (Wildman–Crippen LogP) is 1.22. The number of pyridine rings is 1. The zero-order valence-electron chi connectivity index (χ0n) is 10.9. The number of carboxylic acid groups (broad SMARTS) is 1. The number of carbonyl (C=O) groups is 1.